The highest BCUT2D eigenvalue weighted by Crippen LogP contribution is 2.32. The Labute approximate surface area is 159 Å². The van der Waals surface area contributed by atoms with Crippen LogP contribution in [0.3, 0.4) is 0 Å². The van der Waals surface area contributed by atoms with E-state index in [0.29, 0.717) is 12.8 Å². The summed E-state index contributed by atoms with van der Waals surface area (Å²) in [7, 11) is 0. The van der Waals surface area contributed by atoms with Crippen molar-refractivity contribution in [1.29, 1.82) is 0 Å². The number of alkyl halides is 3. The van der Waals surface area contributed by atoms with Crippen molar-refractivity contribution in [2.24, 2.45) is 0 Å². The molecule has 1 saturated heterocycles. The molecule has 2 amide bonds. The van der Waals surface area contributed by atoms with Crippen molar-refractivity contribution in [3.05, 3.63) is 71.0 Å². The van der Waals surface area contributed by atoms with E-state index in [1.165, 1.54) is 35.2 Å². The first-order chi connectivity index (χ1) is 13.3. The van der Waals surface area contributed by atoms with Gasteiger partial charge in [0.2, 0.25) is 0 Å². The largest absolute Gasteiger partial charge is 0.417 e. The number of likely N-dealkylation sites (tertiary alicyclic amines) is 1. The third-order valence-electron chi connectivity index (χ3n) is 4.70. The fourth-order valence-corrected chi connectivity index (χ4v) is 3.22. The van der Waals surface area contributed by atoms with Crippen LogP contribution in [0, 0.1) is 5.82 Å². The third-order valence-corrected chi connectivity index (χ3v) is 4.70. The standard InChI is InChI=1S/C20H18F4N2O2/c21-17-8-4-2-6-15(17)19(28)26-11-9-13(10-12-26)25-18(27)14-5-1-3-7-16(14)20(22,23)24/h1-8,13H,9-12H2,(H,25,27). The summed E-state index contributed by atoms with van der Waals surface area (Å²) in [5.41, 5.74) is -1.44. The molecule has 0 radical (unpaired) electrons. The second-order valence-electron chi connectivity index (χ2n) is 6.56. The predicted molar refractivity (Wildman–Crippen MR) is 94.2 cm³/mol. The number of nitrogens with one attached hydrogen (secondary N) is 1. The summed E-state index contributed by atoms with van der Waals surface area (Å²) in [6.07, 6.45) is -3.87. The summed E-state index contributed by atoms with van der Waals surface area (Å²) in [5, 5.41) is 2.61. The van der Waals surface area contributed by atoms with Gasteiger partial charge in [-0.2, -0.15) is 13.2 Å². The van der Waals surface area contributed by atoms with Crippen molar-refractivity contribution in [2.75, 3.05) is 13.1 Å². The molecule has 2 aromatic carbocycles. The zero-order chi connectivity index (χ0) is 20.3. The van der Waals surface area contributed by atoms with Gasteiger partial charge in [0.15, 0.2) is 0 Å². The Morgan fingerprint density at radius 2 is 1.50 bits per heavy atom. The van der Waals surface area contributed by atoms with Gasteiger partial charge in [-0.05, 0) is 37.1 Å². The quantitative estimate of drug-likeness (QED) is 0.804. The maximum absolute atomic E-state index is 13.8. The zero-order valence-corrected chi connectivity index (χ0v) is 14.8. The lowest BCUT2D eigenvalue weighted by Gasteiger charge is -2.32. The number of hydrogen-bond acceptors (Lipinski definition) is 2. The molecular formula is C20H18F4N2O2. The highest BCUT2D eigenvalue weighted by Gasteiger charge is 2.35. The van der Waals surface area contributed by atoms with Gasteiger partial charge < -0.3 is 10.2 Å². The van der Waals surface area contributed by atoms with Crippen molar-refractivity contribution in [1.82, 2.24) is 10.2 Å². The number of nitrogens with zero attached hydrogens (tertiary/aromatic N) is 1. The minimum absolute atomic E-state index is 0.0240. The second-order valence-corrected chi connectivity index (χ2v) is 6.56. The van der Waals surface area contributed by atoms with E-state index in [1.54, 1.807) is 6.07 Å². The Kier molecular flexibility index (Phi) is 5.67. The minimum Gasteiger partial charge on any atom is -0.349 e. The van der Waals surface area contributed by atoms with Crippen LogP contribution in [0.25, 0.3) is 0 Å². The SMILES string of the molecule is O=C(NC1CCN(C(=O)c2ccccc2F)CC1)c1ccccc1C(F)(F)F. The van der Waals surface area contributed by atoms with Gasteiger partial charge in [0.1, 0.15) is 5.82 Å². The van der Waals surface area contributed by atoms with Crippen molar-refractivity contribution in [3.8, 4) is 0 Å². The summed E-state index contributed by atoms with van der Waals surface area (Å²) in [5.74, 6) is -1.84. The highest BCUT2D eigenvalue weighted by molar-refractivity contribution is 5.96. The molecule has 0 atom stereocenters. The number of rotatable bonds is 3. The van der Waals surface area contributed by atoms with Crippen molar-refractivity contribution >= 4 is 11.8 Å². The molecule has 4 nitrogen and oxygen atoms in total. The van der Waals surface area contributed by atoms with E-state index in [2.05, 4.69) is 5.32 Å². The fourth-order valence-electron chi connectivity index (χ4n) is 3.22. The fraction of sp³-hybridized carbons (Fsp3) is 0.300. The molecule has 148 valence electrons. The normalized spacial score (nSPS) is 15.4. The summed E-state index contributed by atoms with van der Waals surface area (Å²) in [6.45, 7) is 0.554. The van der Waals surface area contributed by atoms with Crippen LogP contribution in [-0.4, -0.2) is 35.8 Å². The van der Waals surface area contributed by atoms with Crippen molar-refractivity contribution < 1.29 is 27.2 Å². The van der Waals surface area contributed by atoms with E-state index in [0.717, 1.165) is 12.1 Å². The Morgan fingerprint density at radius 1 is 0.929 bits per heavy atom. The molecule has 1 N–H and O–H groups in total. The van der Waals surface area contributed by atoms with Crippen LogP contribution in [0.15, 0.2) is 48.5 Å². The average Bonchev–Trinajstić information content (AvgIpc) is 2.68. The number of benzene rings is 2. The molecule has 0 bridgehead atoms. The second kappa shape index (κ2) is 8.00. The smallest absolute Gasteiger partial charge is 0.349 e. The van der Waals surface area contributed by atoms with E-state index in [1.807, 2.05) is 0 Å². The van der Waals surface area contributed by atoms with E-state index in [-0.39, 0.29) is 24.7 Å². The number of hydrogen-bond donors (Lipinski definition) is 1. The van der Waals surface area contributed by atoms with E-state index < -0.39 is 34.9 Å². The number of amides is 2. The monoisotopic (exact) mass is 394 g/mol. The number of carbonyl (C=O) groups excluding carboxylic acids is 2. The molecule has 3 rings (SSSR count). The van der Waals surface area contributed by atoms with Gasteiger partial charge >= 0.3 is 6.18 Å². The molecule has 0 aliphatic carbocycles. The summed E-state index contributed by atoms with van der Waals surface area (Å²) in [4.78, 5) is 26.2. The van der Waals surface area contributed by atoms with Gasteiger partial charge in [0.25, 0.3) is 11.8 Å². The molecule has 0 unspecified atom stereocenters. The molecule has 28 heavy (non-hydrogen) atoms. The lowest BCUT2D eigenvalue weighted by atomic mass is 10.0. The summed E-state index contributed by atoms with van der Waals surface area (Å²) >= 11 is 0. The topological polar surface area (TPSA) is 49.4 Å². The van der Waals surface area contributed by atoms with E-state index >= 15 is 0 Å². The predicted octanol–water partition coefficient (Wildman–Crippen LogP) is 3.88. The van der Waals surface area contributed by atoms with Gasteiger partial charge in [0, 0.05) is 19.1 Å². The first-order valence-corrected chi connectivity index (χ1v) is 8.78. The maximum atomic E-state index is 13.8. The molecular weight excluding hydrogens is 376 g/mol. The lowest BCUT2D eigenvalue weighted by molar-refractivity contribution is -0.137. The van der Waals surface area contributed by atoms with Gasteiger partial charge in [-0.15, -0.1) is 0 Å². The number of piperidine rings is 1. The molecule has 0 saturated carbocycles. The van der Waals surface area contributed by atoms with Gasteiger partial charge in [0.05, 0.1) is 16.7 Å². The molecule has 8 heteroatoms. The lowest BCUT2D eigenvalue weighted by Crippen LogP contribution is -2.47. The molecule has 0 aromatic heterocycles. The molecule has 1 heterocycles. The summed E-state index contributed by atoms with van der Waals surface area (Å²) < 4.78 is 53.0. The van der Waals surface area contributed by atoms with Crippen LogP contribution in [0.5, 0.6) is 0 Å². The zero-order valence-electron chi connectivity index (χ0n) is 14.8. The molecule has 2 aromatic rings. The van der Waals surface area contributed by atoms with Crippen molar-refractivity contribution in [3.63, 3.8) is 0 Å². The van der Waals surface area contributed by atoms with Crippen LogP contribution < -0.4 is 5.32 Å². The average molecular weight is 394 g/mol. The Balaban J connectivity index is 1.62. The van der Waals surface area contributed by atoms with Crippen LogP contribution >= 0.6 is 0 Å². The summed E-state index contributed by atoms with van der Waals surface area (Å²) in [6, 6.07) is 9.91. The number of carbonyl (C=O) groups is 2. The molecule has 1 fully saturated rings. The molecule has 0 spiro atoms. The Bertz CT molecular complexity index is 875. The van der Waals surface area contributed by atoms with Crippen LogP contribution in [0.1, 0.15) is 39.1 Å². The van der Waals surface area contributed by atoms with Gasteiger partial charge in [-0.25, -0.2) is 4.39 Å². The van der Waals surface area contributed by atoms with E-state index in [4.69, 9.17) is 0 Å². The van der Waals surface area contributed by atoms with Crippen molar-refractivity contribution in [2.45, 2.75) is 25.1 Å². The first-order valence-electron chi connectivity index (χ1n) is 8.78. The first kappa shape index (κ1) is 19.9. The third kappa shape index (κ3) is 4.32. The van der Waals surface area contributed by atoms with Crippen LogP contribution in [0.2, 0.25) is 0 Å². The van der Waals surface area contributed by atoms with Gasteiger partial charge in [-0.1, -0.05) is 24.3 Å². The Hall–Kier alpha value is -2.90. The number of halogens is 4. The molecule has 1 aliphatic rings. The van der Waals surface area contributed by atoms with Gasteiger partial charge in [-0.3, -0.25) is 9.59 Å². The minimum atomic E-state index is -4.62. The van der Waals surface area contributed by atoms with E-state index in [9.17, 15) is 27.2 Å². The van der Waals surface area contributed by atoms with Crippen LogP contribution in [-0.2, 0) is 6.18 Å². The Morgan fingerprint density at radius 3 is 2.11 bits per heavy atom. The van der Waals surface area contributed by atoms with Crippen LogP contribution in [0.4, 0.5) is 17.6 Å². The molecule has 1 aliphatic heterocycles. The highest BCUT2D eigenvalue weighted by atomic mass is 19.4. The maximum Gasteiger partial charge on any atom is 0.417 e.